The van der Waals surface area contributed by atoms with Crippen molar-refractivity contribution < 1.29 is 9.59 Å². The molecule has 1 aromatic carbocycles. The van der Waals surface area contributed by atoms with Gasteiger partial charge in [-0.3, -0.25) is 9.59 Å². The molecule has 1 aliphatic rings. The second-order valence-electron chi connectivity index (χ2n) is 4.70. The molecule has 0 aromatic heterocycles. The number of carbonyl (C=O) groups is 2. The van der Waals surface area contributed by atoms with Crippen LogP contribution in [0.1, 0.15) is 18.4 Å². The van der Waals surface area contributed by atoms with Gasteiger partial charge in [-0.1, -0.05) is 12.1 Å². The summed E-state index contributed by atoms with van der Waals surface area (Å²) in [6.45, 7) is 1.59. The van der Waals surface area contributed by atoms with E-state index in [1.54, 1.807) is 4.90 Å². The molecule has 1 saturated heterocycles. The van der Waals surface area contributed by atoms with Crippen molar-refractivity contribution in [2.75, 3.05) is 25.5 Å². The van der Waals surface area contributed by atoms with Crippen molar-refractivity contribution in [1.82, 2.24) is 10.2 Å². The van der Waals surface area contributed by atoms with Crippen molar-refractivity contribution >= 4 is 29.9 Å². The van der Waals surface area contributed by atoms with Crippen LogP contribution in [0.3, 0.4) is 0 Å². The molecule has 2 amide bonds. The normalized spacial score (nSPS) is 14.1. The first-order valence-electron chi connectivity index (χ1n) is 6.50. The van der Waals surface area contributed by atoms with Gasteiger partial charge in [-0.2, -0.15) is 0 Å². The molecule has 0 radical (unpaired) electrons. The maximum atomic E-state index is 11.9. The Labute approximate surface area is 125 Å². The lowest BCUT2D eigenvalue weighted by Crippen LogP contribution is -2.33. The summed E-state index contributed by atoms with van der Waals surface area (Å²) in [6.07, 6.45) is 1.41. The Hall–Kier alpha value is -1.59. The molecule has 2 rings (SSSR count). The molecule has 0 unspecified atom stereocenters. The molecule has 0 aliphatic carbocycles. The van der Waals surface area contributed by atoms with E-state index in [1.807, 2.05) is 31.3 Å². The Morgan fingerprint density at radius 2 is 2.20 bits per heavy atom. The quantitative estimate of drug-likeness (QED) is 0.863. The molecule has 0 atom stereocenters. The second-order valence-corrected chi connectivity index (χ2v) is 4.70. The molecule has 2 N–H and O–H groups in total. The molecule has 0 saturated carbocycles. The van der Waals surface area contributed by atoms with Gasteiger partial charge in [0.2, 0.25) is 11.8 Å². The largest absolute Gasteiger partial charge is 0.333 e. The highest BCUT2D eigenvalue weighted by Crippen LogP contribution is 2.12. The zero-order chi connectivity index (χ0) is 13.7. The monoisotopic (exact) mass is 297 g/mol. The number of likely N-dealkylation sites (tertiary alicyclic amines) is 1. The minimum Gasteiger partial charge on any atom is -0.333 e. The van der Waals surface area contributed by atoms with Crippen molar-refractivity contribution in [3.8, 4) is 0 Å². The van der Waals surface area contributed by atoms with E-state index in [0.29, 0.717) is 13.0 Å². The molecule has 20 heavy (non-hydrogen) atoms. The lowest BCUT2D eigenvalue weighted by molar-refractivity contribution is -0.131. The standard InChI is InChI=1S/C14H19N3O2.ClH/c1-15-9-11-4-2-5-12(8-11)16-13(18)10-17-7-3-6-14(17)19;/h2,4-5,8,15H,3,6-7,9-10H2,1H3,(H,16,18);1H. The third-order valence-electron chi connectivity index (χ3n) is 3.10. The highest BCUT2D eigenvalue weighted by atomic mass is 35.5. The summed E-state index contributed by atoms with van der Waals surface area (Å²) in [5.74, 6) is -0.0732. The van der Waals surface area contributed by atoms with E-state index >= 15 is 0 Å². The smallest absolute Gasteiger partial charge is 0.243 e. The van der Waals surface area contributed by atoms with Crippen LogP contribution in [-0.4, -0.2) is 36.9 Å². The van der Waals surface area contributed by atoms with Gasteiger partial charge >= 0.3 is 0 Å². The number of carbonyl (C=O) groups excluding carboxylic acids is 2. The van der Waals surface area contributed by atoms with Crippen LogP contribution in [0.25, 0.3) is 0 Å². The molecule has 1 aliphatic heterocycles. The number of benzene rings is 1. The predicted octanol–water partition coefficient (Wildman–Crippen LogP) is 1.39. The average molecular weight is 298 g/mol. The van der Waals surface area contributed by atoms with Gasteiger partial charge in [0.15, 0.2) is 0 Å². The number of hydrogen-bond acceptors (Lipinski definition) is 3. The highest BCUT2D eigenvalue weighted by Gasteiger charge is 2.22. The summed E-state index contributed by atoms with van der Waals surface area (Å²) in [5.41, 5.74) is 1.88. The van der Waals surface area contributed by atoms with E-state index in [9.17, 15) is 9.59 Å². The summed E-state index contributed by atoms with van der Waals surface area (Å²) >= 11 is 0. The second kappa shape index (κ2) is 7.87. The Kier molecular flexibility index (Phi) is 6.48. The Bertz CT molecular complexity index is 479. The molecule has 0 spiro atoms. The highest BCUT2D eigenvalue weighted by molar-refractivity contribution is 5.94. The van der Waals surface area contributed by atoms with E-state index in [2.05, 4.69) is 10.6 Å². The van der Waals surface area contributed by atoms with Crippen molar-refractivity contribution in [3.05, 3.63) is 29.8 Å². The molecule has 1 heterocycles. The Morgan fingerprint density at radius 1 is 1.40 bits per heavy atom. The number of nitrogens with zero attached hydrogens (tertiary/aromatic N) is 1. The zero-order valence-electron chi connectivity index (χ0n) is 11.5. The first-order valence-corrected chi connectivity index (χ1v) is 6.50. The van der Waals surface area contributed by atoms with Gasteiger partial charge < -0.3 is 15.5 Å². The van der Waals surface area contributed by atoms with Crippen LogP contribution in [0.4, 0.5) is 5.69 Å². The molecule has 1 aromatic rings. The summed E-state index contributed by atoms with van der Waals surface area (Å²) in [6, 6.07) is 7.68. The van der Waals surface area contributed by atoms with Crippen LogP contribution in [0.15, 0.2) is 24.3 Å². The fourth-order valence-electron chi connectivity index (χ4n) is 2.21. The summed E-state index contributed by atoms with van der Waals surface area (Å²) < 4.78 is 0. The molecule has 5 nitrogen and oxygen atoms in total. The number of hydrogen-bond donors (Lipinski definition) is 2. The lowest BCUT2D eigenvalue weighted by atomic mass is 10.2. The molecular weight excluding hydrogens is 278 g/mol. The van der Waals surface area contributed by atoms with Crippen molar-refractivity contribution in [2.24, 2.45) is 0 Å². The number of nitrogens with one attached hydrogen (secondary N) is 2. The predicted molar refractivity (Wildman–Crippen MR) is 80.9 cm³/mol. The molecule has 0 bridgehead atoms. The topological polar surface area (TPSA) is 61.4 Å². The van der Waals surface area contributed by atoms with Crippen LogP contribution in [0.2, 0.25) is 0 Å². The molecule has 6 heteroatoms. The first kappa shape index (κ1) is 16.5. The minimum absolute atomic E-state index is 0. The van der Waals surface area contributed by atoms with Gasteiger partial charge in [0.1, 0.15) is 0 Å². The molecule has 1 fully saturated rings. The first-order chi connectivity index (χ1) is 9.19. The van der Waals surface area contributed by atoms with E-state index in [4.69, 9.17) is 0 Å². The van der Waals surface area contributed by atoms with Gasteiger partial charge in [0.05, 0.1) is 6.54 Å². The van der Waals surface area contributed by atoms with Gasteiger partial charge in [-0.25, -0.2) is 0 Å². The zero-order valence-corrected chi connectivity index (χ0v) is 12.3. The summed E-state index contributed by atoms with van der Waals surface area (Å²) in [5, 5.41) is 5.89. The fraction of sp³-hybridized carbons (Fsp3) is 0.429. The van der Waals surface area contributed by atoms with Crippen molar-refractivity contribution in [2.45, 2.75) is 19.4 Å². The Balaban J connectivity index is 0.00000200. The summed E-state index contributed by atoms with van der Waals surface area (Å²) in [4.78, 5) is 24.9. The number of anilines is 1. The van der Waals surface area contributed by atoms with Gasteiger partial charge in [0, 0.05) is 25.2 Å². The van der Waals surface area contributed by atoms with E-state index in [-0.39, 0.29) is 30.8 Å². The fourth-order valence-corrected chi connectivity index (χ4v) is 2.21. The van der Waals surface area contributed by atoms with E-state index in [1.165, 1.54) is 0 Å². The van der Waals surface area contributed by atoms with Gasteiger partial charge in [-0.05, 0) is 31.2 Å². The summed E-state index contributed by atoms with van der Waals surface area (Å²) in [7, 11) is 1.88. The van der Waals surface area contributed by atoms with Crippen LogP contribution in [0.5, 0.6) is 0 Å². The van der Waals surface area contributed by atoms with Crippen molar-refractivity contribution in [1.29, 1.82) is 0 Å². The average Bonchev–Trinajstić information content (AvgIpc) is 2.76. The molecular formula is C14H20ClN3O2. The minimum atomic E-state index is -0.142. The number of amides is 2. The van der Waals surface area contributed by atoms with E-state index < -0.39 is 0 Å². The van der Waals surface area contributed by atoms with E-state index in [0.717, 1.165) is 24.2 Å². The molecule has 110 valence electrons. The maximum Gasteiger partial charge on any atom is 0.243 e. The number of rotatable bonds is 5. The SMILES string of the molecule is CNCc1cccc(NC(=O)CN2CCCC2=O)c1.Cl. The third-order valence-corrected chi connectivity index (χ3v) is 3.10. The third kappa shape index (κ3) is 4.51. The van der Waals surface area contributed by atoms with Gasteiger partial charge in [0.25, 0.3) is 0 Å². The lowest BCUT2D eigenvalue weighted by Gasteiger charge is -2.15. The number of halogens is 1. The van der Waals surface area contributed by atoms with Crippen molar-refractivity contribution in [3.63, 3.8) is 0 Å². The van der Waals surface area contributed by atoms with Crippen LogP contribution in [0, 0.1) is 0 Å². The van der Waals surface area contributed by atoms with Crippen LogP contribution < -0.4 is 10.6 Å². The van der Waals surface area contributed by atoms with Crippen LogP contribution in [-0.2, 0) is 16.1 Å². The van der Waals surface area contributed by atoms with Crippen LogP contribution >= 0.6 is 12.4 Å². The Morgan fingerprint density at radius 3 is 2.85 bits per heavy atom. The maximum absolute atomic E-state index is 11.9. The van der Waals surface area contributed by atoms with Gasteiger partial charge in [-0.15, -0.1) is 12.4 Å².